The van der Waals surface area contributed by atoms with Gasteiger partial charge in [0.1, 0.15) is 6.10 Å². The SMILES string of the molecule is COC(=O)C#C[C@H](C[C@H](O)CO)OCc1ccccc1. The summed E-state index contributed by atoms with van der Waals surface area (Å²) in [6.45, 7) is -0.0788. The molecule has 0 radical (unpaired) electrons. The predicted octanol–water partition coefficient (Wildman–Crippen LogP) is 0.491. The summed E-state index contributed by atoms with van der Waals surface area (Å²) in [5.74, 6) is 4.19. The summed E-state index contributed by atoms with van der Waals surface area (Å²) in [7, 11) is 1.24. The summed E-state index contributed by atoms with van der Waals surface area (Å²) in [5, 5.41) is 18.3. The fourth-order valence-corrected chi connectivity index (χ4v) is 1.45. The highest BCUT2D eigenvalue weighted by Crippen LogP contribution is 2.07. The molecule has 0 aliphatic heterocycles. The third-order valence-electron chi connectivity index (χ3n) is 2.51. The molecule has 0 aliphatic rings. The minimum Gasteiger partial charge on any atom is -0.459 e. The molecule has 1 rings (SSSR count). The Balaban J connectivity index is 2.61. The van der Waals surface area contributed by atoms with Gasteiger partial charge in [-0.1, -0.05) is 36.3 Å². The van der Waals surface area contributed by atoms with Crippen molar-refractivity contribution in [3.8, 4) is 11.8 Å². The smallest absolute Gasteiger partial charge is 0.384 e. The lowest BCUT2D eigenvalue weighted by atomic mass is 10.1. The van der Waals surface area contributed by atoms with Crippen molar-refractivity contribution in [1.29, 1.82) is 0 Å². The second-order valence-electron chi connectivity index (χ2n) is 4.12. The number of rotatable bonds is 6. The van der Waals surface area contributed by atoms with Gasteiger partial charge in [0, 0.05) is 12.3 Å². The zero-order valence-electron chi connectivity index (χ0n) is 11.3. The van der Waals surface area contributed by atoms with Crippen LogP contribution in [0.1, 0.15) is 12.0 Å². The average Bonchev–Trinajstić information content (AvgIpc) is 2.50. The average molecular weight is 278 g/mol. The summed E-state index contributed by atoms with van der Waals surface area (Å²) in [6.07, 6.45) is -1.48. The summed E-state index contributed by atoms with van der Waals surface area (Å²) in [6, 6.07) is 9.46. The normalized spacial score (nSPS) is 12.9. The molecule has 0 bridgehead atoms. The first kappa shape index (κ1) is 16.2. The van der Waals surface area contributed by atoms with Gasteiger partial charge in [-0.3, -0.25) is 0 Å². The molecule has 20 heavy (non-hydrogen) atoms. The molecule has 1 aromatic rings. The highest BCUT2D eigenvalue weighted by atomic mass is 16.5. The van der Waals surface area contributed by atoms with Crippen molar-refractivity contribution in [3.05, 3.63) is 35.9 Å². The van der Waals surface area contributed by atoms with Crippen molar-refractivity contribution in [2.24, 2.45) is 0 Å². The predicted molar refractivity (Wildman–Crippen MR) is 72.5 cm³/mol. The van der Waals surface area contributed by atoms with Gasteiger partial charge in [0.15, 0.2) is 0 Å². The molecular weight excluding hydrogens is 260 g/mol. The number of methoxy groups -OCH3 is 1. The van der Waals surface area contributed by atoms with Gasteiger partial charge in [-0.25, -0.2) is 4.79 Å². The van der Waals surface area contributed by atoms with Crippen LogP contribution < -0.4 is 0 Å². The van der Waals surface area contributed by atoms with E-state index in [9.17, 15) is 9.90 Å². The third kappa shape index (κ3) is 6.34. The van der Waals surface area contributed by atoms with Crippen molar-refractivity contribution in [2.75, 3.05) is 13.7 Å². The van der Waals surface area contributed by atoms with Crippen LogP contribution in [0.25, 0.3) is 0 Å². The van der Waals surface area contributed by atoms with E-state index in [2.05, 4.69) is 16.6 Å². The van der Waals surface area contributed by atoms with Crippen molar-refractivity contribution < 1.29 is 24.5 Å². The minimum absolute atomic E-state index is 0.118. The second kappa shape index (κ2) is 9.10. The number of aliphatic hydroxyl groups excluding tert-OH is 2. The Bertz CT molecular complexity index is 460. The van der Waals surface area contributed by atoms with Crippen LogP contribution in [0.3, 0.4) is 0 Å². The van der Waals surface area contributed by atoms with E-state index in [0.29, 0.717) is 6.61 Å². The maximum absolute atomic E-state index is 11.0. The first-order valence-corrected chi connectivity index (χ1v) is 6.19. The van der Waals surface area contributed by atoms with Crippen LogP contribution in [0.2, 0.25) is 0 Å². The van der Waals surface area contributed by atoms with E-state index in [-0.39, 0.29) is 13.0 Å². The molecule has 0 saturated carbocycles. The molecule has 0 aromatic heterocycles. The van der Waals surface area contributed by atoms with Crippen LogP contribution in [0.15, 0.2) is 30.3 Å². The van der Waals surface area contributed by atoms with E-state index in [0.717, 1.165) is 5.56 Å². The molecule has 0 heterocycles. The molecule has 5 heteroatoms. The van der Waals surface area contributed by atoms with E-state index in [1.165, 1.54) is 7.11 Å². The van der Waals surface area contributed by atoms with Gasteiger partial charge in [0.2, 0.25) is 0 Å². The maximum atomic E-state index is 11.0. The number of ether oxygens (including phenoxy) is 2. The summed E-state index contributed by atoms with van der Waals surface area (Å²) >= 11 is 0. The lowest BCUT2D eigenvalue weighted by molar-refractivity contribution is -0.133. The lowest BCUT2D eigenvalue weighted by Gasteiger charge is -2.15. The number of carbonyl (C=O) groups excluding carboxylic acids is 1. The highest BCUT2D eigenvalue weighted by molar-refractivity contribution is 5.88. The van der Waals surface area contributed by atoms with Crippen molar-refractivity contribution >= 4 is 5.97 Å². The Kier molecular flexibility index (Phi) is 7.36. The van der Waals surface area contributed by atoms with E-state index in [4.69, 9.17) is 9.84 Å². The fourth-order valence-electron chi connectivity index (χ4n) is 1.45. The first-order valence-electron chi connectivity index (χ1n) is 6.19. The standard InChI is InChI=1S/C15H18O5/c1-19-15(18)8-7-14(9-13(17)10-16)20-11-12-5-3-2-4-6-12/h2-6,13-14,16-17H,9-11H2,1H3/t13-,14+/m0/s1. The quantitative estimate of drug-likeness (QED) is 0.450. The molecular formula is C15H18O5. The molecule has 2 N–H and O–H groups in total. The topological polar surface area (TPSA) is 76.0 Å². The maximum Gasteiger partial charge on any atom is 0.384 e. The van der Waals surface area contributed by atoms with E-state index >= 15 is 0 Å². The van der Waals surface area contributed by atoms with E-state index in [1.54, 1.807) is 0 Å². The van der Waals surface area contributed by atoms with Gasteiger partial charge in [0.25, 0.3) is 0 Å². The van der Waals surface area contributed by atoms with Crippen molar-refractivity contribution in [1.82, 2.24) is 0 Å². The Morgan fingerprint density at radius 1 is 1.35 bits per heavy atom. The molecule has 0 aliphatic carbocycles. The monoisotopic (exact) mass is 278 g/mol. The van der Waals surface area contributed by atoms with Crippen LogP contribution in [0, 0.1) is 11.8 Å². The van der Waals surface area contributed by atoms with Gasteiger partial charge < -0.3 is 19.7 Å². The minimum atomic E-state index is -0.942. The molecule has 0 unspecified atom stereocenters. The van der Waals surface area contributed by atoms with Crippen LogP contribution >= 0.6 is 0 Å². The van der Waals surface area contributed by atoms with Gasteiger partial charge in [-0.15, -0.1) is 0 Å². The molecule has 0 amide bonds. The molecule has 1 aromatic carbocycles. The number of carbonyl (C=O) groups is 1. The number of benzene rings is 1. The highest BCUT2D eigenvalue weighted by Gasteiger charge is 2.13. The molecule has 5 nitrogen and oxygen atoms in total. The van der Waals surface area contributed by atoms with Gasteiger partial charge in [-0.2, -0.15) is 0 Å². The molecule has 108 valence electrons. The van der Waals surface area contributed by atoms with Crippen LogP contribution in [-0.2, 0) is 20.9 Å². The Morgan fingerprint density at radius 2 is 2.05 bits per heavy atom. The lowest BCUT2D eigenvalue weighted by Crippen LogP contribution is -2.22. The zero-order valence-corrected chi connectivity index (χ0v) is 11.3. The van der Waals surface area contributed by atoms with E-state index < -0.39 is 18.2 Å². The van der Waals surface area contributed by atoms with Crippen LogP contribution in [0.4, 0.5) is 0 Å². The van der Waals surface area contributed by atoms with Gasteiger partial charge >= 0.3 is 5.97 Å². The third-order valence-corrected chi connectivity index (χ3v) is 2.51. The fraction of sp³-hybridized carbons (Fsp3) is 0.400. The molecule has 0 saturated heterocycles. The summed E-state index contributed by atoms with van der Waals surface area (Å²) in [4.78, 5) is 11.0. The second-order valence-corrected chi connectivity index (χ2v) is 4.12. The van der Waals surface area contributed by atoms with Crippen molar-refractivity contribution in [2.45, 2.75) is 25.2 Å². The number of esters is 1. The van der Waals surface area contributed by atoms with E-state index in [1.807, 2.05) is 30.3 Å². The van der Waals surface area contributed by atoms with Gasteiger partial charge in [0.05, 0.1) is 26.4 Å². The number of hydrogen-bond donors (Lipinski definition) is 2. The first-order chi connectivity index (χ1) is 9.65. The molecule has 2 atom stereocenters. The zero-order chi connectivity index (χ0) is 14.8. The van der Waals surface area contributed by atoms with Gasteiger partial charge in [-0.05, 0) is 5.56 Å². The summed E-state index contributed by atoms with van der Waals surface area (Å²) in [5.41, 5.74) is 0.954. The van der Waals surface area contributed by atoms with Crippen LogP contribution in [0.5, 0.6) is 0 Å². The Morgan fingerprint density at radius 3 is 2.65 bits per heavy atom. The molecule has 0 spiro atoms. The largest absolute Gasteiger partial charge is 0.459 e. The Hall–Kier alpha value is -1.87. The summed E-state index contributed by atoms with van der Waals surface area (Å²) < 4.78 is 9.96. The van der Waals surface area contributed by atoms with Crippen molar-refractivity contribution in [3.63, 3.8) is 0 Å². The number of hydrogen-bond acceptors (Lipinski definition) is 5. The Labute approximate surface area is 118 Å². The number of aliphatic hydroxyl groups is 2. The van der Waals surface area contributed by atoms with Crippen LogP contribution in [-0.4, -0.2) is 42.1 Å². The molecule has 0 fully saturated rings.